The normalized spacial score (nSPS) is 44.8. The minimum Gasteiger partial charge on any atom is -0.519 e. The average Bonchev–Trinajstić information content (AvgIpc) is 2.96. The molecule has 0 unspecified atom stereocenters. The van der Waals surface area contributed by atoms with Crippen molar-refractivity contribution in [1.29, 1.82) is 0 Å². The standard InChI is InChI=1S/C23H33IO5Si/c1-9-21(5)11-10-14-22(6)13-12-15(24)23(14,28-19(22)27-17(13)25)16(21)18(26)29-30(7,8)20(2,3)4/h9,12-14,16,19H,1,10-11H2,2-8H3/t13-,14+,16+,19-,21-,22+,23+/m1/s1. The van der Waals surface area contributed by atoms with Crippen molar-refractivity contribution in [3.63, 3.8) is 0 Å². The van der Waals surface area contributed by atoms with Crippen LogP contribution in [-0.4, -0.2) is 32.1 Å². The van der Waals surface area contributed by atoms with Crippen LogP contribution in [0.25, 0.3) is 0 Å². The van der Waals surface area contributed by atoms with E-state index in [1.165, 1.54) is 0 Å². The zero-order chi connectivity index (χ0) is 22.5. The summed E-state index contributed by atoms with van der Waals surface area (Å²) in [5, 5.41) is -0.0891. The van der Waals surface area contributed by atoms with Gasteiger partial charge in [0.2, 0.25) is 6.29 Å². The highest BCUT2D eigenvalue weighted by Crippen LogP contribution is 2.72. The predicted octanol–water partition coefficient (Wildman–Crippen LogP) is 5.36. The molecule has 4 rings (SSSR count). The van der Waals surface area contributed by atoms with E-state index in [1.807, 2.05) is 12.2 Å². The summed E-state index contributed by atoms with van der Waals surface area (Å²) in [5.74, 6) is -1.25. The molecule has 0 aromatic carbocycles. The number of rotatable bonds is 3. The second-order valence-corrected chi connectivity index (χ2v) is 17.3. The van der Waals surface area contributed by atoms with E-state index in [0.717, 1.165) is 16.4 Å². The molecule has 3 fully saturated rings. The van der Waals surface area contributed by atoms with Crippen LogP contribution in [0.5, 0.6) is 0 Å². The van der Waals surface area contributed by atoms with E-state index in [4.69, 9.17) is 13.9 Å². The fraction of sp³-hybridized carbons (Fsp3) is 0.739. The van der Waals surface area contributed by atoms with Crippen LogP contribution in [0.2, 0.25) is 18.1 Å². The molecular weight excluding hydrogens is 511 g/mol. The number of carbonyl (C=O) groups excluding carboxylic acids is 2. The lowest BCUT2D eigenvalue weighted by Gasteiger charge is -2.56. The van der Waals surface area contributed by atoms with Gasteiger partial charge in [0.05, 0.1) is 17.3 Å². The summed E-state index contributed by atoms with van der Waals surface area (Å²) in [6.07, 6.45) is 4.91. The number of allylic oxidation sites excluding steroid dienone is 1. The van der Waals surface area contributed by atoms with Gasteiger partial charge in [-0.15, -0.1) is 6.58 Å². The van der Waals surface area contributed by atoms with Gasteiger partial charge >= 0.3 is 5.97 Å². The van der Waals surface area contributed by atoms with Gasteiger partial charge in [-0.2, -0.15) is 0 Å². The van der Waals surface area contributed by atoms with Crippen molar-refractivity contribution in [1.82, 2.24) is 0 Å². The van der Waals surface area contributed by atoms with E-state index in [2.05, 4.69) is 76.9 Å². The first kappa shape index (κ1) is 22.5. The van der Waals surface area contributed by atoms with Crippen LogP contribution in [0.1, 0.15) is 47.5 Å². The predicted molar refractivity (Wildman–Crippen MR) is 125 cm³/mol. The third-order valence-corrected chi connectivity index (χ3v) is 14.4. The lowest BCUT2D eigenvalue weighted by atomic mass is 9.49. The molecule has 2 aliphatic heterocycles. The van der Waals surface area contributed by atoms with Crippen molar-refractivity contribution in [2.75, 3.05) is 0 Å². The van der Waals surface area contributed by atoms with Gasteiger partial charge in [-0.25, -0.2) is 0 Å². The molecular formula is C23H33IO5Si. The molecule has 166 valence electrons. The second kappa shape index (κ2) is 6.44. The molecule has 7 heteroatoms. The molecule has 0 spiro atoms. The first-order chi connectivity index (χ1) is 13.6. The van der Waals surface area contributed by atoms with E-state index >= 15 is 0 Å². The Morgan fingerprint density at radius 1 is 1.37 bits per heavy atom. The highest BCUT2D eigenvalue weighted by Gasteiger charge is 2.78. The number of ether oxygens (including phenoxy) is 2. The van der Waals surface area contributed by atoms with Gasteiger partial charge in [-0.1, -0.05) is 46.8 Å². The minimum absolute atomic E-state index is 0.0216. The van der Waals surface area contributed by atoms with E-state index in [-0.39, 0.29) is 28.8 Å². The smallest absolute Gasteiger partial charge is 0.315 e. The SMILES string of the molecule is C=C[C@]1(C)CC[C@@H]2[C@@]3(O[C@H]4OC(=O)[C@@H](C=C3I)[C@]42C)[C@H]1C(=O)O[Si](C)(C)C(C)(C)C. The van der Waals surface area contributed by atoms with Crippen LogP contribution in [0.4, 0.5) is 0 Å². The molecule has 0 aromatic rings. The summed E-state index contributed by atoms with van der Waals surface area (Å²) < 4.78 is 19.6. The Hall–Kier alpha value is -0.673. The van der Waals surface area contributed by atoms with Crippen LogP contribution in [-0.2, 0) is 23.5 Å². The van der Waals surface area contributed by atoms with Crippen molar-refractivity contribution in [3.8, 4) is 0 Å². The molecule has 1 saturated carbocycles. The third-order valence-electron chi connectivity index (χ3n) is 8.84. The quantitative estimate of drug-likeness (QED) is 0.207. The lowest BCUT2D eigenvalue weighted by Crippen LogP contribution is -2.62. The molecule has 7 atom stereocenters. The first-order valence-corrected chi connectivity index (χ1v) is 14.8. The van der Waals surface area contributed by atoms with Gasteiger partial charge in [0.1, 0.15) is 5.60 Å². The number of esters is 1. The van der Waals surface area contributed by atoms with Crippen LogP contribution >= 0.6 is 22.6 Å². The highest BCUT2D eigenvalue weighted by atomic mass is 127. The molecule has 2 aliphatic carbocycles. The van der Waals surface area contributed by atoms with Crippen molar-refractivity contribution >= 4 is 42.8 Å². The van der Waals surface area contributed by atoms with Gasteiger partial charge in [0.15, 0.2) is 0 Å². The Labute approximate surface area is 194 Å². The molecule has 2 saturated heterocycles. The topological polar surface area (TPSA) is 61.8 Å². The summed E-state index contributed by atoms with van der Waals surface area (Å²) in [5.41, 5.74) is -1.76. The molecule has 2 bridgehead atoms. The zero-order valence-electron chi connectivity index (χ0n) is 19.0. The zero-order valence-corrected chi connectivity index (χ0v) is 22.2. The van der Waals surface area contributed by atoms with Crippen LogP contribution in [0, 0.1) is 28.6 Å². The van der Waals surface area contributed by atoms with Crippen molar-refractivity contribution in [3.05, 3.63) is 22.3 Å². The molecule has 30 heavy (non-hydrogen) atoms. The first-order valence-electron chi connectivity index (χ1n) is 10.8. The Morgan fingerprint density at radius 2 is 2.00 bits per heavy atom. The van der Waals surface area contributed by atoms with Gasteiger partial charge in [0.25, 0.3) is 14.3 Å². The van der Waals surface area contributed by atoms with E-state index in [1.54, 1.807) is 0 Å². The number of carbonyl (C=O) groups is 2. The number of halogens is 1. The molecule has 5 nitrogen and oxygen atoms in total. The van der Waals surface area contributed by atoms with Crippen LogP contribution in [0.3, 0.4) is 0 Å². The summed E-state index contributed by atoms with van der Waals surface area (Å²) >= 11 is 2.28. The van der Waals surface area contributed by atoms with Crippen LogP contribution < -0.4 is 0 Å². The van der Waals surface area contributed by atoms with Gasteiger partial charge in [-0.3, -0.25) is 9.59 Å². The minimum atomic E-state index is -2.33. The number of hydrogen-bond donors (Lipinski definition) is 0. The molecule has 0 amide bonds. The van der Waals surface area contributed by atoms with E-state index in [9.17, 15) is 9.59 Å². The summed E-state index contributed by atoms with van der Waals surface area (Å²) in [6, 6.07) is 0. The van der Waals surface area contributed by atoms with Gasteiger partial charge < -0.3 is 13.9 Å². The molecule has 0 aromatic heterocycles. The monoisotopic (exact) mass is 544 g/mol. The highest BCUT2D eigenvalue weighted by molar-refractivity contribution is 14.1. The van der Waals surface area contributed by atoms with Crippen molar-refractivity contribution < 1.29 is 23.5 Å². The Morgan fingerprint density at radius 3 is 2.57 bits per heavy atom. The largest absolute Gasteiger partial charge is 0.519 e. The summed E-state index contributed by atoms with van der Waals surface area (Å²) in [7, 11) is -2.33. The Balaban J connectivity index is 1.85. The average molecular weight is 545 g/mol. The summed E-state index contributed by atoms with van der Waals surface area (Å²) in [4.78, 5) is 26.5. The fourth-order valence-electron chi connectivity index (χ4n) is 5.86. The van der Waals surface area contributed by atoms with Crippen molar-refractivity contribution in [2.24, 2.45) is 28.6 Å². The lowest BCUT2D eigenvalue weighted by molar-refractivity contribution is -0.200. The third kappa shape index (κ3) is 2.60. The second-order valence-electron chi connectivity index (χ2n) is 11.5. The maximum absolute atomic E-state index is 13.9. The van der Waals surface area contributed by atoms with E-state index in [0.29, 0.717) is 0 Å². The maximum atomic E-state index is 13.9. The summed E-state index contributed by atoms with van der Waals surface area (Å²) in [6.45, 7) is 18.9. The van der Waals surface area contributed by atoms with E-state index < -0.39 is 37.0 Å². The van der Waals surface area contributed by atoms with Crippen LogP contribution in [0.15, 0.2) is 22.3 Å². The van der Waals surface area contributed by atoms with Gasteiger partial charge in [0, 0.05) is 14.9 Å². The molecule has 0 radical (unpaired) electrons. The van der Waals surface area contributed by atoms with Crippen molar-refractivity contribution in [2.45, 2.75) is 77.5 Å². The fourth-order valence-corrected chi connectivity index (χ4v) is 7.96. The maximum Gasteiger partial charge on any atom is 0.315 e. The Kier molecular flexibility index (Phi) is 4.83. The Bertz CT molecular complexity index is 860. The molecule has 4 aliphatic rings. The molecule has 0 N–H and O–H groups in total. The van der Waals surface area contributed by atoms with Gasteiger partial charge in [-0.05, 0) is 53.6 Å². The molecule has 2 heterocycles. The number of hydrogen-bond acceptors (Lipinski definition) is 5.